The fraction of sp³-hybridized carbons (Fsp3) is 0.455. The van der Waals surface area contributed by atoms with Crippen molar-refractivity contribution in [1.29, 1.82) is 0 Å². The summed E-state index contributed by atoms with van der Waals surface area (Å²) in [4.78, 5) is 0. The van der Waals surface area contributed by atoms with Gasteiger partial charge in [-0.1, -0.05) is 33.6 Å². The monoisotopic (exact) mass is 292 g/mol. The fourth-order valence-corrected chi connectivity index (χ4v) is 2.12. The van der Waals surface area contributed by atoms with Gasteiger partial charge in [-0.3, -0.25) is 0 Å². The molecule has 0 saturated carbocycles. The molecule has 1 aromatic rings. The third-order valence-electron chi connectivity index (χ3n) is 2.17. The third kappa shape index (κ3) is 4.51. The highest BCUT2D eigenvalue weighted by Crippen LogP contribution is 2.23. The van der Waals surface area contributed by atoms with E-state index < -0.39 is 6.10 Å². The predicted octanol–water partition coefficient (Wildman–Crippen LogP) is 2.78. The minimum Gasteiger partial charge on any atom is -0.396 e. The molecule has 0 fully saturated rings. The van der Waals surface area contributed by atoms with Crippen LogP contribution in [0.1, 0.15) is 18.4 Å². The van der Waals surface area contributed by atoms with Gasteiger partial charge in [0.25, 0.3) is 0 Å². The van der Waals surface area contributed by atoms with Gasteiger partial charge in [0.05, 0.1) is 6.10 Å². The van der Waals surface area contributed by atoms with E-state index >= 15 is 0 Å². The number of benzene rings is 1. The summed E-state index contributed by atoms with van der Waals surface area (Å²) in [6, 6.07) is 5.62. The molecule has 15 heavy (non-hydrogen) atoms. The molecule has 2 N–H and O–H groups in total. The molecule has 1 unspecified atom stereocenters. The molecule has 0 amide bonds. The lowest BCUT2D eigenvalue weighted by molar-refractivity contribution is 0.150. The molecule has 0 aliphatic rings. The lowest BCUT2D eigenvalue weighted by atomic mass is 10.0. The Balaban J connectivity index is 2.56. The first-order chi connectivity index (χ1) is 7.13. The molecular formula is C11H14BrClO2. The number of rotatable bonds is 5. The van der Waals surface area contributed by atoms with E-state index in [1.54, 1.807) is 0 Å². The molecule has 1 atom stereocenters. The average Bonchev–Trinajstić information content (AvgIpc) is 2.19. The molecular weight excluding hydrogens is 279 g/mol. The van der Waals surface area contributed by atoms with Crippen LogP contribution in [0.25, 0.3) is 0 Å². The first-order valence-corrected chi connectivity index (χ1v) is 6.03. The number of halogens is 2. The standard InChI is InChI=1S/C11H14BrClO2/c12-9-4-3-8(11(13)7-9)6-10(15)2-1-5-14/h3-4,7,10,14-15H,1-2,5-6H2. The van der Waals surface area contributed by atoms with Crippen LogP contribution in [0.5, 0.6) is 0 Å². The number of hydrogen-bond donors (Lipinski definition) is 2. The molecule has 0 aliphatic heterocycles. The Bertz CT molecular complexity index is 317. The molecule has 0 aromatic heterocycles. The lowest BCUT2D eigenvalue weighted by Crippen LogP contribution is -2.11. The number of hydrogen-bond acceptors (Lipinski definition) is 2. The van der Waals surface area contributed by atoms with Crippen LogP contribution in [0.3, 0.4) is 0 Å². The van der Waals surface area contributed by atoms with Crippen molar-refractivity contribution in [3.63, 3.8) is 0 Å². The molecule has 84 valence electrons. The minimum absolute atomic E-state index is 0.116. The molecule has 2 nitrogen and oxygen atoms in total. The van der Waals surface area contributed by atoms with Gasteiger partial charge in [-0.15, -0.1) is 0 Å². The average molecular weight is 294 g/mol. The summed E-state index contributed by atoms with van der Waals surface area (Å²) in [5, 5.41) is 18.9. The largest absolute Gasteiger partial charge is 0.396 e. The van der Waals surface area contributed by atoms with Crippen molar-refractivity contribution in [1.82, 2.24) is 0 Å². The molecule has 0 radical (unpaired) electrons. The van der Waals surface area contributed by atoms with Crippen LogP contribution >= 0.6 is 27.5 Å². The summed E-state index contributed by atoms with van der Waals surface area (Å²) in [5.41, 5.74) is 0.935. The Kier molecular flexibility index (Phi) is 5.61. The van der Waals surface area contributed by atoms with E-state index in [2.05, 4.69) is 15.9 Å². The number of aliphatic hydroxyl groups excluding tert-OH is 2. The first-order valence-electron chi connectivity index (χ1n) is 4.86. The fourth-order valence-electron chi connectivity index (χ4n) is 1.37. The van der Waals surface area contributed by atoms with E-state index in [-0.39, 0.29) is 6.61 Å². The minimum atomic E-state index is -0.434. The van der Waals surface area contributed by atoms with Crippen LogP contribution in [0.15, 0.2) is 22.7 Å². The van der Waals surface area contributed by atoms with Crippen LogP contribution in [0.4, 0.5) is 0 Å². The van der Waals surface area contributed by atoms with Crippen molar-refractivity contribution in [2.75, 3.05) is 6.61 Å². The Morgan fingerprint density at radius 3 is 2.73 bits per heavy atom. The van der Waals surface area contributed by atoms with Crippen LogP contribution in [-0.4, -0.2) is 22.9 Å². The Morgan fingerprint density at radius 1 is 1.40 bits per heavy atom. The summed E-state index contributed by atoms with van der Waals surface area (Å²) < 4.78 is 0.932. The predicted molar refractivity (Wildman–Crippen MR) is 65.2 cm³/mol. The summed E-state index contributed by atoms with van der Waals surface area (Å²) >= 11 is 9.34. The maximum absolute atomic E-state index is 9.65. The summed E-state index contributed by atoms with van der Waals surface area (Å²) in [6.45, 7) is 0.116. The van der Waals surface area contributed by atoms with E-state index in [1.807, 2.05) is 18.2 Å². The van der Waals surface area contributed by atoms with Gasteiger partial charge in [0.2, 0.25) is 0 Å². The van der Waals surface area contributed by atoms with Gasteiger partial charge in [-0.05, 0) is 37.0 Å². The Labute approximate surface area is 103 Å². The van der Waals surface area contributed by atoms with Crippen LogP contribution in [0, 0.1) is 0 Å². The topological polar surface area (TPSA) is 40.5 Å². The van der Waals surface area contributed by atoms with Gasteiger partial charge in [0.1, 0.15) is 0 Å². The summed E-state index contributed by atoms with van der Waals surface area (Å²) in [6.07, 6.45) is 1.32. The van der Waals surface area contributed by atoms with Crippen molar-refractivity contribution < 1.29 is 10.2 Å². The van der Waals surface area contributed by atoms with Crippen molar-refractivity contribution >= 4 is 27.5 Å². The first kappa shape index (κ1) is 13.0. The van der Waals surface area contributed by atoms with Gasteiger partial charge in [-0.2, -0.15) is 0 Å². The molecule has 0 bridgehead atoms. The second-order valence-electron chi connectivity index (χ2n) is 3.46. The van der Waals surface area contributed by atoms with E-state index in [0.717, 1.165) is 10.0 Å². The van der Waals surface area contributed by atoms with Gasteiger partial charge >= 0.3 is 0 Å². The molecule has 0 saturated heterocycles. The van der Waals surface area contributed by atoms with Crippen LogP contribution in [0.2, 0.25) is 5.02 Å². The highest BCUT2D eigenvalue weighted by atomic mass is 79.9. The van der Waals surface area contributed by atoms with Gasteiger partial charge in [0.15, 0.2) is 0 Å². The highest BCUT2D eigenvalue weighted by molar-refractivity contribution is 9.10. The molecule has 1 rings (SSSR count). The number of aliphatic hydroxyl groups is 2. The van der Waals surface area contributed by atoms with Gasteiger partial charge < -0.3 is 10.2 Å². The zero-order chi connectivity index (χ0) is 11.3. The van der Waals surface area contributed by atoms with Gasteiger partial charge in [-0.25, -0.2) is 0 Å². The lowest BCUT2D eigenvalue weighted by Gasteiger charge is -2.11. The molecule has 0 aliphatic carbocycles. The molecule has 4 heteroatoms. The van der Waals surface area contributed by atoms with E-state index in [0.29, 0.717) is 24.3 Å². The van der Waals surface area contributed by atoms with E-state index in [4.69, 9.17) is 16.7 Å². The molecule has 0 spiro atoms. The van der Waals surface area contributed by atoms with Gasteiger partial charge in [0, 0.05) is 16.1 Å². The molecule has 1 aromatic carbocycles. The summed E-state index contributed by atoms with van der Waals surface area (Å²) in [5.74, 6) is 0. The van der Waals surface area contributed by atoms with Crippen molar-refractivity contribution in [2.24, 2.45) is 0 Å². The SMILES string of the molecule is OCCCC(O)Cc1ccc(Br)cc1Cl. The zero-order valence-electron chi connectivity index (χ0n) is 8.29. The Hall–Kier alpha value is -0.0900. The second-order valence-corrected chi connectivity index (χ2v) is 4.78. The maximum atomic E-state index is 9.65. The van der Waals surface area contributed by atoms with Crippen molar-refractivity contribution in [2.45, 2.75) is 25.4 Å². The Morgan fingerprint density at radius 2 is 2.13 bits per heavy atom. The van der Waals surface area contributed by atoms with Crippen molar-refractivity contribution in [3.8, 4) is 0 Å². The van der Waals surface area contributed by atoms with Crippen LogP contribution < -0.4 is 0 Å². The summed E-state index contributed by atoms with van der Waals surface area (Å²) in [7, 11) is 0. The maximum Gasteiger partial charge on any atom is 0.0581 e. The highest BCUT2D eigenvalue weighted by Gasteiger charge is 2.08. The zero-order valence-corrected chi connectivity index (χ0v) is 10.6. The van der Waals surface area contributed by atoms with Crippen LogP contribution in [-0.2, 0) is 6.42 Å². The molecule has 0 heterocycles. The quantitative estimate of drug-likeness (QED) is 0.876. The normalized spacial score (nSPS) is 12.8. The van der Waals surface area contributed by atoms with E-state index in [9.17, 15) is 5.11 Å². The smallest absolute Gasteiger partial charge is 0.0581 e. The second kappa shape index (κ2) is 6.48. The van der Waals surface area contributed by atoms with E-state index in [1.165, 1.54) is 0 Å². The third-order valence-corrected chi connectivity index (χ3v) is 3.01. The van der Waals surface area contributed by atoms with Crippen molar-refractivity contribution in [3.05, 3.63) is 33.3 Å².